The molecule has 0 radical (unpaired) electrons. The lowest BCUT2D eigenvalue weighted by Crippen LogP contribution is -2.32. The molecule has 1 aliphatic rings. The predicted octanol–water partition coefficient (Wildman–Crippen LogP) is 1.58. The molecular weight excluding hydrogens is 300 g/mol. The Bertz CT molecular complexity index is 780. The molecule has 2 heterocycles. The fourth-order valence-corrected chi connectivity index (χ4v) is 4.68. The number of amides is 1. The third-order valence-corrected chi connectivity index (χ3v) is 5.93. The highest BCUT2D eigenvalue weighted by Gasteiger charge is 2.32. The molecule has 2 aromatic rings. The Morgan fingerprint density at radius 1 is 1.27 bits per heavy atom. The van der Waals surface area contributed by atoms with E-state index in [1.54, 1.807) is 0 Å². The molecule has 1 N–H and O–H groups in total. The van der Waals surface area contributed by atoms with E-state index in [1.165, 1.54) is 10.9 Å². The van der Waals surface area contributed by atoms with Crippen molar-refractivity contribution in [1.82, 2.24) is 9.88 Å². The largest absolute Gasteiger partial charge is 0.356 e. The smallest absolute Gasteiger partial charge is 0.224 e. The van der Waals surface area contributed by atoms with Crippen LogP contribution in [0.4, 0.5) is 0 Å². The molecule has 1 aromatic heterocycles. The van der Waals surface area contributed by atoms with Crippen LogP contribution >= 0.6 is 0 Å². The van der Waals surface area contributed by atoms with Crippen LogP contribution in [0.25, 0.3) is 10.9 Å². The maximum atomic E-state index is 11.9. The lowest BCUT2D eigenvalue weighted by atomic mass is 10.1. The van der Waals surface area contributed by atoms with Crippen LogP contribution in [0.15, 0.2) is 36.5 Å². The second-order valence-electron chi connectivity index (χ2n) is 5.81. The fraction of sp³-hybridized carbons (Fsp3) is 0.438. The third kappa shape index (κ3) is 3.32. The second-order valence-corrected chi connectivity index (χ2v) is 8.04. The Hall–Kier alpha value is -1.82. The van der Waals surface area contributed by atoms with E-state index in [-0.39, 0.29) is 23.3 Å². The highest BCUT2D eigenvalue weighted by atomic mass is 32.2. The Balaban J connectivity index is 1.47. The van der Waals surface area contributed by atoms with Gasteiger partial charge in [-0.3, -0.25) is 4.79 Å². The Morgan fingerprint density at radius 2 is 2.09 bits per heavy atom. The Kier molecular flexibility index (Phi) is 4.20. The van der Waals surface area contributed by atoms with E-state index in [1.807, 2.05) is 12.1 Å². The van der Waals surface area contributed by atoms with Crippen molar-refractivity contribution < 1.29 is 13.2 Å². The molecule has 0 spiro atoms. The number of nitrogens with zero attached hydrogens (tertiary/aromatic N) is 1. The number of fused-ring (bicyclic) bond motifs is 1. The minimum Gasteiger partial charge on any atom is -0.356 e. The molecular formula is C16H20N2O3S. The van der Waals surface area contributed by atoms with Crippen LogP contribution in [-0.4, -0.2) is 36.9 Å². The van der Waals surface area contributed by atoms with Crippen LogP contribution in [0, 0.1) is 5.92 Å². The number of nitrogens with one attached hydrogen (secondary N) is 1. The van der Waals surface area contributed by atoms with Crippen molar-refractivity contribution in [1.29, 1.82) is 0 Å². The molecule has 6 heteroatoms. The number of rotatable bonds is 5. The van der Waals surface area contributed by atoms with Gasteiger partial charge in [0.15, 0.2) is 9.84 Å². The van der Waals surface area contributed by atoms with Gasteiger partial charge >= 0.3 is 0 Å². The summed E-state index contributed by atoms with van der Waals surface area (Å²) in [7, 11) is -3.00. The van der Waals surface area contributed by atoms with Crippen molar-refractivity contribution >= 4 is 26.6 Å². The lowest BCUT2D eigenvalue weighted by molar-refractivity contribution is -0.124. The first kappa shape index (κ1) is 15.1. The molecule has 1 aliphatic heterocycles. The van der Waals surface area contributed by atoms with Crippen LogP contribution in [0.3, 0.4) is 0 Å². The highest BCUT2D eigenvalue weighted by Crippen LogP contribution is 2.18. The van der Waals surface area contributed by atoms with Gasteiger partial charge in [-0.05, 0) is 30.4 Å². The van der Waals surface area contributed by atoms with Crippen LogP contribution in [0.2, 0.25) is 0 Å². The molecule has 0 saturated carbocycles. The van der Waals surface area contributed by atoms with E-state index >= 15 is 0 Å². The van der Waals surface area contributed by atoms with Gasteiger partial charge in [0, 0.05) is 24.8 Å². The molecule has 1 aromatic carbocycles. The molecule has 3 rings (SSSR count). The summed E-state index contributed by atoms with van der Waals surface area (Å²) in [6, 6.07) is 10.3. The van der Waals surface area contributed by atoms with E-state index in [4.69, 9.17) is 0 Å². The zero-order valence-electron chi connectivity index (χ0n) is 12.4. The van der Waals surface area contributed by atoms with E-state index in [9.17, 15) is 13.2 Å². The number of benzene rings is 1. The van der Waals surface area contributed by atoms with Gasteiger partial charge in [0.25, 0.3) is 0 Å². The summed E-state index contributed by atoms with van der Waals surface area (Å²) >= 11 is 0. The zero-order valence-corrected chi connectivity index (χ0v) is 13.2. The van der Waals surface area contributed by atoms with Crippen LogP contribution < -0.4 is 5.32 Å². The summed E-state index contributed by atoms with van der Waals surface area (Å²) in [5, 5.41) is 4.07. The van der Waals surface area contributed by atoms with E-state index in [2.05, 4.69) is 34.3 Å². The summed E-state index contributed by atoms with van der Waals surface area (Å²) in [5.74, 6) is -0.350. The average molecular weight is 320 g/mol. The van der Waals surface area contributed by atoms with Gasteiger partial charge in [0.2, 0.25) is 5.91 Å². The maximum Gasteiger partial charge on any atom is 0.224 e. The van der Waals surface area contributed by atoms with Crippen LogP contribution in [-0.2, 0) is 21.2 Å². The monoisotopic (exact) mass is 320 g/mol. The summed E-state index contributed by atoms with van der Waals surface area (Å²) in [5.41, 5.74) is 1.19. The first-order valence-electron chi connectivity index (χ1n) is 7.57. The summed E-state index contributed by atoms with van der Waals surface area (Å²) in [6.07, 6.45) is 3.33. The van der Waals surface area contributed by atoms with E-state index in [0.717, 1.165) is 13.0 Å². The number of hydrogen-bond acceptors (Lipinski definition) is 3. The molecule has 0 unspecified atom stereocenters. The lowest BCUT2D eigenvalue weighted by Gasteiger charge is -2.10. The zero-order chi connectivity index (χ0) is 15.6. The highest BCUT2D eigenvalue weighted by molar-refractivity contribution is 7.91. The summed E-state index contributed by atoms with van der Waals surface area (Å²) in [4.78, 5) is 11.9. The molecule has 5 nitrogen and oxygen atoms in total. The predicted molar refractivity (Wildman–Crippen MR) is 86.3 cm³/mol. The SMILES string of the molecule is O=C(NCCCn1ccc2ccccc21)[C@H]1CCS(=O)(=O)C1. The van der Waals surface area contributed by atoms with Gasteiger partial charge in [-0.15, -0.1) is 0 Å². The van der Waals surface area contributed by atoms with Gasteiger partial charge in [0.05, 0.1) is 17.4 Å². The topological polar surface area (TPSA) is 68.2 Å². The second kappa shape index (κ2) is 6.12. The van der Waals surface area contributed by atoms with Gasteiger partial charge in [-0.25, -0.2) is 8.42 Å². The van der Waals surface area contributed by atoms with Gasteiger partial charge < -0.3 is 9.88 Å². The first-order valence-corrected chi connectivity index (χ1v) is 9.39. The third-order valence-electron chi connectivity index (χ3n) is 4.16. The number of aryl methyl sites for hydroxylation is 1. The van der Waals surface area contributed by atoms with Gasteiger partial charge in [-0.1, -0.05) is 18.2 Å². The number of carbonyl (C=O) groups excluding carboxylic acids is 1. The van der Waals surface area contributed by atoms with Gasteiger partial charge in [0.1, 0.15) is 0 Å². The minimum absolute atomic E-state index is 0.00106. The maximum absolute atomic E-state index is 11.9. The van der Waals surface area contributed by atoms with E-state index < -0.39 is 9.84 Å². The number of sulfone groups is 1. The van der Waals surface area contributed by atoms with Crippen molar-refractivity contribution in [3.05, 3.63) is 36.5 Å². The normalized spacial score (nSPS) is 20.3. The van der Waals surface area contributed by atoms with Crippen molar-refractivity contribution in [2.75, 3.05) is 18.1 Å². The fourth-order valence-electron chi connectivity index (χ4n) is 2.94. The molecule has 118 valence electrons. The molecule has 1 saturated heterocycles. The van der Waals surface area contributed by atoms with E-state index in [0.29, 0.717) is 13.0 Å². The Labute approximate surface area is 130 Å². The molecule has 22 heavy (non-hydrogen) atoms. The van der Waals surface area contributed by atoms with Crippen LogP contribution in [0.5, 0.6) is 0 Å². The van der Waals surface area contributed by atoms with Gasteiger partial charge in [-0.2, -0.15) is 0 Å². The number of hydrogen-bond donors (Lipinski definition) is 1. The standard InChI is InChI=1S/C16H20N2O3S/c19-16(14-7-11-22(20,21)12-14)17-8-3-9-18-10-6-13-4-1-2-5-15(13)18/h1-2,4-6,10,14H,3,7-9,11-12H2,(H,17,19)/t14-/m0/s1. The number of carbonyl (C=O) groups is 1. The van der Waals surface area contributed by atoms with Crippen molar-refractivity contribution in [3.8, 4) is 0 Å². The molecule has 1 fully saturated rings. The summed E-state index contributed by atoms with van der Waals surface area (Å²) < 4.78 is 24.9. The van der Waals surface area contributed by atoms with Crippen molar-refractivity contribution in [2.24, 2.45) is 5.92 Å². The van der Waals surface area contributed by atoms with Crippen molar-refractivity contribution in [2.45, 2.75) is 19.4 Å². The van der Waals surface area contributed by atoms with Crippen LogP contribution in [0.1, 0.15) is 12.8 Å². The average Bonchev–Trinajstić information content (AvgIpc) is 3.07. The molecule has 1 amide bonds. The molecule has 0 bridgehead atoms. The number of aromatic nitrogens is 1. The molecule has 1 atom stereocenters. The summed E-state index contributed by atoms with van der Waals surface area (Å²) in [6.45, 7) is 1.40. The quantitative estimate of drug-likeness (QED) is 0.851. The molecule has 0 aliphatic carbocycles. The Morgan fingerprint density at radius 3 is 2.86 bits per heavy atom. The number of para-hydroxylation sites is 1. The first-order chi connectivity index (χ1) is 10.6. The minimum atomic E-state index is -3.00. The van der Waals surface area contributed by atoms with Crippen molar-refractivity contribution in [3.63, 3.8) is 0 Å².